The zero-order valence-corrected chi connectivity index (χ0v) is 11.9. The van der Waals surface area contributed by atoms with Crippen LogP contribution in [0.25, 0.3) is 11.3 Å². The third-order valence-corrected chi connectivity index (χ3v) is 3.88. The van der Waals surface area contributed by atoms with Gasteiger partial charge in [0, 0.05) is 31.0 Å². The molecule has 1 saturated carbocycles. The van der Waals surface area contributed by atoms with E-state index < -0.39 is 0 Å². The normalized spacial score (nSPS) is 14.5. The van der Waals surface area contributed by atoms with E-state index in [9.17, 15) is 4.79 Å². The molecule has 0 bridgehead atoms. The highest BCUT2D eigenvalue weighted by atomic mass is 16.2. The number of aromatic nitrogens is 3. The topological polar surface area (TPSA) is 85.0 Å². The molecule has 108 valence electrons. The van der Waals surface area contributed by atoms with Crippen molar-refractivity contribution in [1.29, 1.82) is 0 Å². The van der Waals surface area contributed by atoms with Gasteiger partial charge in [-0.15, -0.1) is 0 Å². The summed E-state index contributed by atoms with van der Waals surface area (Å²) in [7, 11) is 1.84. The van der Waals surface area contributed by atoms with Crippen molar-refractivity contribution < 1.29 is 4.79 Å². The van der Waals surface area contributed by atoms with Crippen molar-refractivity contribution >= 4 is 11.9 Å². The molecule has 1 fully saturated rings. The minimum Gasteiger partial charge on any atom is -0.368 e. The lowest BCUT2D eigenvalue weighted by Gasteiger charge is -2.34. The maximum absolute atomic E-state index is 12.4. The Bertz CT molecular complexity index is 651. The van der Waals surface area contributed by atoms with E-state index in [0.29, 0.717) is 17.4 Å². The fraction of sp³-hybridized carbons (Fsp3) is 0.333. The summed E-state index contributed by atoms with van der Waals surface area (Å²) in [6.45, 7) is 0. The first-order valence-corrected chi connectivity index (χ1v) is 6.97. The molecule has 0 aliphatic heterocycles. The maximum atomic E-state index is 12.4. The van der Waals surface area contributed by atoms with E-state index in [2.05, 4.69) is 15.0 Å². The molecule has 2 N–H and O–H groups in total. The van der Waals surface area contributed by atoms with Crippen LogP contribution in [0.2, 0.25) is 0 Å². The standard InChI is InChI=1S/C15H17N5O/c1-20(11-4-2-5-11)14(21)13-7-3-6-12(19-13)10-8-17-15(16)18-9-10/h3,6-9,11H,2,4-5H2,1H3,(H2,16,17,18). The van der Waals surface area contributed by atoms with Crippen LogP contribution in [-0.2, 0) is 0 Å². The van der Waals surface area contributed by atoms with Gasteiger partial charge in [-0.05, 0) is 31.4 Å². The summed E-state index contributed by atoms with van der Waals surface area (Å²) in [6.07, 6.45) is 6.56. The van der Waals surface area contributed by atoms with Gasteiger partial charge in [-0.1, -0.05) is 6.07 Å². The van der Waals surface area contributed by atoms with Crippen LogP contribution < -0.4 is 5.73 Å². The van der Waals surface area contributed by atoms with Crippen molar-refractivity contribution in [2.45, 2.75) is 25.3 Å². The van der Waals surface area contributed by atoms with Gasteiger partial charge in [-0.25, -0.2) is 15.0 Å². The zero-order chi connectivity index (χ0) is 14.8. The van der Waals surface area contributed by atoms with E-state index in [1.807, 2.05) is 19.2 Å². The molecule has 0 radical (unpaired) electrons. The number of amides is 1. The molecule has 0 spiro atoms. The van der Waals surface area contributed by atoms with Gasteiger partial charge in [0.25, 0.3) is 5.91 Å². The first-order valence-electron chi connectivity index (χ1n) is 6.97. The molecule has 1 aliphatic carbocycles. The Morgan fingerprint density at radius 3 is 2.62 bits per heavy atom. The summed E-state index contributed by atoms with van der Waals surface area (Å²) < 4.78 is 0. The van der Waals surface area contributed by atoms with Gasteiger partial charge in [0.15, 0.2) is 0 Å². The van der Waals surface area contributed by atoms with Gasteiger partial charge >= 0.3 is 0 Å². The number of hydrogen-bond acceptors (Lipinski definition) is 5. The van der Waals surface area contributed by atoms with E-state index in [1.165, 1.54) is 6.42 Å². The van der Waals surface area contributed by atoms with Crippen molar-refractivity contribution in [3.8, 4) is 11.3 Å². The number of nitrogens with zero attached hydrogens (tertiary/aromatic N) is 4. The molecule has 1 aliphatic rings. The fourth-order valence-corrected chi connectivity index (χ4v) is 2.31. The summed E-state index contributed by atoms with van der Waals surface area (Å²) in [5, 5.41) is 0. The summed E-state index contributed by atoms with van der Waals surface area (Å²) in [5.41, 5.74) is 7.33. The van der Waals surface area contributed by atoms with Crippen molar-refractivity contribution in [2.24, 2.45) is 0 Å². The minimum absolute atomic E-state index is 0.0436. The molecule has 0 unspecified atom stereocenters. The second kappa shape index (κ2) is 5.47. The minimum atomic E-state index is -0.0436. The van der Waals surface area contributed by atoms with Gasteiger partial charge in [0.1, 0.15) is 5.69 Å². The van der Waals surface area contributed by atoms with Crippen LogP contribution in [-0.4, -0.2) is 38.8 Å². The van der Waals surface area contributed by atoms with Gasteiger partial charge in [-0.3, -0.25) is 4.79 Å². The first kappa shape index (κ1) is 13.5. The van der Waals surface area contributed by atoms with E-state index in [0.717, 1.165) is 18.4 Å². The lowest BCUT2D eigenvalue weighted by atomic mass is 9.91. The molecule has 1 amide bonds. The van der Waals surface area contributed by atoms with Crippen molar-refractivity contribution in [3.05, 3.63) is 36.3 Å². The number of nitrogen functional groups attached to an aromatic ring is 1. The Morgan fingerprint density at radius 2 is 2.00 bits per heavy atom. The van der Waals surface area contributed by atoms with E-state index in [-0.39, 0.29) is 11.9 Å². The summed E-state index contributed by atoms with van der Waals surface area (Å²) in [6, 6.07) is 5.73. The Labute approximate surface area is 123 Å². The predicted molar refractivity (Wildman–Crippen MR) is 79.4 cm³/mol. The number of carbonyl (C=O) groups excluding carboxylic acids is 1. The Hall–Kier alpha value is -2.50. The van der Waals surface area contributed by atoms with E-state index in [4.69, 9.17) is 5.73 Å². The molecule has 2 heterocycles. The van der Waals surface area contributed by atoms with Gasteiger partial charge < -0.3 is 10.6 Å². The molecule has 6 nitrogen and oxygen atoms in total. The van der Waals surface area contributed by atoms with Crippen LogP contribution in [0.4, 0.5) is 5.95 Å². The number of pyridine rings is 1. The summed E-state index contributed by atoms with van der Waals surface area (Å²) in [4.78, 5) is 26.5. The van der Waals surface area contributed by atoms with Gasteiger partial charge in [0.2, 0.25) is 5.95 Å². The quantitative estimate of drug-likeness (QED) is 0.927. The molecule has 3 rings (SSSR count). The van der Waals surface area contributed by atoms with Crippen LogP contribution >= 0.6 is 0 Å². The predicted octanol–water partition coefficient (Wildman–Crippen LogP) is 1.75. The zero-order valence-electron chi connectivity index (χ0n) is 11.9. The third-order valence-electron chi connectivity index (χ3n) is 3.88. The molecule has 0 aromatic carbocycles. The van der Waals surface area contributed by atoms with Crippen LogP contribution in [0.15, 0.2) is 30.6 Å². The average molecular weight is 283 g/mol. The molecule has 0 atom stereocenters. The summed E-state index contributed by atoms with van der Waals surface area (Å²) >= 11 is 0. The Balaban J connectivity index is 1.85. The molecule has 21 heavy (non-hydrogen) atoms. The molecule has 0 saturated heterocycles. The second-order valence-electron chi connectivity index (χ2n) is 5.24. The Kier molecular flexibility index (Phi) is 3.51. The molecule has 2 aromatic rings. The number of nitrogens with two attached hydrogens (primary N) is 1. The summed E-state index contributed by atoms with van der Waals surface area (Å²) in [5.74, 6) is 0.175. The van der Waals surface area contributed by atoms with E-state index >= 15 is 0 Å². The van der Waals surface area contributed by atoms with Gasteiger partial charge in [-0.2, -0.15) is 0 Å². The van der Waals surface area contributed by atoms with Crippen molar-refractivity contribution in [1.82, 2.24) is 19.9 Å². The van der Waals surface area contributed by atoms with Gasteiger partial charge in [0.05, 0.1) is 5.69 Å². The number of carbonyl (C=O) groups is 1. The lowest BCUT2D eigenvalue weighted by Crippen LogP contribution is -2.41. The van der Waals surface area contributed by atoms with Crippen LogP contribution in [0.3, 0.4) is 0 Å². The van der Waals surface area contributed by atoms with Crippen LogP contribution in [0.5, 0.6) is 0 Å². The largest absolute Gasteiger partial charge is 0.368 e. The first-order chi connectivity index (χ1) is 10.1. The maximum Gasteiger partial charge on any atom is 0.272 e. The monoisotopic (exact) mass is 283 g/mol. The van der Waals surface area contributed by atoms with E-state index in [1.54, 1.807) is 23.4 Å². The molecule has 2 aromatic heterocycles. The molecule has 6 heteroatoms. The highest BCUT2D eigenvalue weighted by molar-refractivity contribution is 5.93. The smallest absolute Gasteiger partial charge is 0.272 e. The number of hydrogen-bond donors (Lipinski definition) is 1. The number of rotatable bonds is 3. The SMILES string of the molecule is CN(C(=O)c1cccc(-c2cnc(N)nc2)n1)C1CCC1. The highest BCUT2D eigenvalue weighted by Gasteiger charge is 2.27. The Morgan fingerprint density at radius 1 is 1.29 bits per heavy atom. The average Bonchev–Trinajstić information content (AvgIpc) is 2.45. The molecular formula is C15H17N5O. The fourth-order valence-electron chi connectivity index (χ4n) is 2.31. The van der Waals surface area contributed by atoms with Crippen molar-refractivity contribution in [3.63, 3.8) is 0 Å². The van der Waals surface area contributed by atoms with Crippen molar-refractivity contribution in [2.75, 3.05) is 12.8 Å². The third kappa shape index (κ3) is 2.69. The van der Waals surface area contributed by atoms with Crippen LogP contribution in [0, 0.1) is 0 Å². The second-order valence-corrected chi connectivity index (χ2v) is 5.24. The number of anilines is 1. The molecular weight excluding hydrogens is 266 g/mol. The highest BCUT2D eigenvalue weighted by Crippen LogP contribution is 2.25. The van der Waals surface area contributed by atoms with Crippen LogP contribution in [0.1, 0.15) is 29.8 Å². The lowest BCUT2D eigenvalue weighted by molar-refractivity contribution is 0.0646.